The standard InChI is InChI=1S/C49H30O5/c50-26-31-1-11-36(12-2-31)43-22-41-21-42-23-44(37-13-3-32(27-51)4-14-37)46(39-17-7-34(29-53)8-18-39)25-48(42)49(40-19-9-35(30-54)10-20-40)47(41)24-45(43)38-15-5-33(28-52)6-16-38/h1-30H. The van der Waals surface area contributed by atoms with Gasteiger partial charge in [0, 0.05) is 27.8 Å². The Morgan fingerprint density at radius 3 is 0.759 bits per heavy atom. The molecule has 0 fully saturated rings. The molecule has 5 heteroatoms. The lowest BCUT2D eigenvalue weighted by molar-refractivity contribution is 0.111. The van der Waals surface area contributed by atoms with Crippen LogP contribution in [0.1, 0.15) is 51.8 Å². The molecule has 0 amide bonds. The second-order valence-corrected chi connectivity index (χ2v) is 13.2. The van der Waals surface area contributed by atoms with Crippen molar-refractivity contribution in [3.63, 3.8) is 0 Å². The Morgan fingerprint density at radius 1 is 0.259 bits per heavy atom. The fraction of sp³-hybridized carbons (Fsp3) is 0. The summed E-state index contributed by atoms with van der Waals surface area (Å²) in [5, 5.41) is 3.92. The molecule has 0 aliphatic carbocycles. The molecule has 0 aliphatic rings. The maximum atomic E-state index is 11.7. The van der Waals surface area contributed by atoms with Crippen molar-refractivity contribution < 1.29 is 24.0 Å². The Balaban J connectivity index is 1.49. The predicted octanol–water partition coefficient (Wildman–Crippen LogP) is 11.4. The maximum Gasteiger partial charge on any atom is 0.150 e. The van der Waals surface area contributed by atoms with E-state index in [0.717, 1.165) is 109 Å². The Bertz CT molecular complexity index is 2580. The third-order valence-corrected chi connectivity index (χ3v) is 10.00. The van der Waals surface area contributed by atoms with Crippen molar-refractivity contribution in [2.24, 2.45) is 0 Å². The van der Waals surface area contributed by atoms with E-state index in [2.05, 4.69) is 30.3 Å². The van der Waals surface area contributed by atoms with E-state index >= 15 is 0 Å². The largest absolute Gasteiger partial charge is 0.298 e. The number of rotatable bonds is 10. The van der Waals surface area contributed by atoms with Gasteiger partial charge in [-0.2, -0.15) is 0 Å². The molecule has 8 aromatic carbocycles. The van der Waals surface area contributed by atoms with E-state index in [1.54, 1.807) is 48.5 Å². The molecule has 0 aliphatic heterocycles. The van der Waals surface area contributed by atoms with Crippen molar-refractivity contribution in [2.45, 2.75) is 0 Å². The van der Waals surface area contributed by atoms with Gasteiger partial charge >= 0.3 is 0 Å². The number of carbonyl (C=O) groups is 5. The van der Waals surface area contributed by atoms with Crippen LogP contribution in [0.5, 0.6) is 0 Å². The second kappa shape index (κ2) is 14.3. The summed E-state index contributed by atoms with van der Waals surface area (Å²) in [6.45, 7) is 0. The molecule has 5 nitrogen and oxygen atoms in total. The highest BCUT2D eigenvalue weighted by atomic mass is 16.1. The zero-order valence-corrected chi connectivity index (χ0v) is 28.9. The van der Waals surface area contributed by atoms with Crippen LogP contribution in [0, 0.1) is 0 Å². The van der Waals surface area contributed by atoms with Crippen molar-refractivity contribution in [1.82, 2.24) is 0 Å². The molecule has 8 rings (SSSR count). The van der Waals surface area contributed by atoms with Crippen LogP contribution in [-0.4, -0.2) is 31.4 Å². The van der Waals surface area contributed by atoms with Gasteiger partial charge in [0.1, 0.15) is 31.4 Å². The summed E-state index contributed by atoms with van der Waals surface area (Å²) in [6, 6.07) is 48.4. The summed E-state index contributed by atoms with van der Waals surface area (Å²) < 4.78 is 0. The third kappa shape index (κ3) is 6.25. The Kier molecular flexibility index (Phi) is 8.96. The third-order valence-electron chi connectivity index (χ3n) is 10.00. The van der Waals surface area contributed by atoms with Gasteiger partial charge in [-0.1, -0.05) is 121 Å². The first-order valence-electron chi connectivity index (χ1n) is 17.4. The Morgan fingerprint density at radius 2 is 0.500 bits per heavy atom. The van der Waals surface area contributed by atoms with Gasteiger partial charge in [0.2, 0.25) is 0 Å². The molecule has 0 radical (unpaired) electrons. The molecule has 0 unspecified atom stereocenters. The van der Waals surface area contributed by atoms with Crippen LogP contribution in [0.25, 0.3) is 77.2 Å². The van der Waals surface area contributed by atoms with Gasteiger partial charge in [-0.25, -0.2) is 0 Å². The average molecular weight is 699 g/mol. The number of aldehydes is 5. The van der Waals surface area contributed by atoms with Gasteiger partial charge in [-0.05, 0) is 108 Å². The lowest BCUT2D eigenvalue weighted by Crippen LogP contribution is -1.94. The van der Waals surface area contributed by atoms with Crippen LogP contribution in [-0.2, 0) is 0 Å². The second-order valence-electron chi connectivity index (χ2n) is 13.2. The molecule has 0 bridgehead atoms. The molecule has 0 saturated carbocycles. The zero-order valence-electron chi connectivity index (χ0n) is 28.9. The molecule has 0 atom stereocenters. The maximum absolute atomic E-state index is 11.7. The molecule has 0 spiro atoms. The van der Waals surface area contributed by atoms with Crippen molar-refractivity contribution in [1.29, 1.82) is 0 Å². The lowest BCUT2D eigenvalue weighted by atomic mass is 9.84. The van der Waals surface area contributed by atoms with Crippen LogP contribution in [0.4, 0.5) is 0 Å². The topological polar surface area (TPSA) is 85.3 Å². The van der Waals surface area contributed by atoms with Crippen molar-refractivity contribution in [2.75, 3.05) is 0 Å². The van der Waals surface area contributed by atoms with Crippen LogP contribution >= 0.6 is 0 Å². The minimum atomic E-state index is 0.567. The minimum Gasteiger partial charge on any atom is -0.298 e. The van der Waals surface area contributed by atoms with E-state index in [0.29, 0.717) is 27.8 Å². The summed E-state index contributed by atoms with van der Waals surface area (Å²) in [4.78, 5) is 58.0. The SMILES string of the molecule is O=Cc1ccc(-c2cc3cc4cc(-c5ccc(C=O)cc5)c(-c5ccc(C=O)cc5)cc4c(-c4ccc(C=O)cc4)c3cc2-c2ccc(C=O)cc2)cc1. The van der Waals surface area contributed by atoms with E-state index in [1.807, 2.05) is 72.8 Å². The van der Waals surface area contributed by atoms with Crippen molar-refractivity contribution >= 4 is 53.0 Å². The van der Waals surface area contributed by atoms with Crippen LogP contribution in [0.3, 0.4) is 0 Å². The Labute approximate surface area is 311 Å². The number of hydrogen-bond acceptors (Lipinski definition) is 5. The molecular weight excluding hydrogens is 669 g/mol. The van der Waals surface area contributed by atoms with E-state index in [9.17, 15) is 24.0 Å². The van der Waals surface area contributed by atoms with Gasteiger partial charge in [0.25, 0.3) is 0 Å². The predicted molar refractivity (Wildman–Crippen MR) is 216 cm³/mol. The smallest absolute Gasteiger partial charge is 0.150 e. The average Bonchev–Trinajstić information content (AvgIpc) is 3.25. The molecular formula is C49H30O5. The molecule has 0 aromatic heterocycles. The fourth-order valence-electron chi connectivity index (χ4n) is 7.18. The minimum absolute atomic E-state index is 0.567. The highest BCUT2D eigenvalue weighted by Gasteiger charge is 2.19. The van der Waals surface area contributed by atoms with Gasteiger partial charge in [-0.15, -0.1) is 0 Å². The molecule has 0 N–H and O–H groups in total. The molecule has 8 aromatic rings. The first-order valence-corrected chi connectivity index (χ1v) is 17.4. The van der Waals surface area contributed by atoms with Gasteiger partial charge in [0.05, 0.1) is 0 Å². The first-order chi connectivity index (χ1) is 26.5. The summed E-state index contributed by atoms with van der Waals surface area (Å²) in [7, 11) is 0. The van der Waals surface area contributed by atoms with Gasteiger partial charge in [-0.3, -0.25) is 24.0 Å². The first kappa shape index (κ1) is 33.8. The fourth-order valence-corrected chi connectivity index (χ4v) is 7.18. The van der Waals surface area contributed by atoms with Gasteiger partial charge < -0.3 is 0 Å². The summed E-state index contributed by atoms with van der Waals surface area (Å²) in [6.07, 6.45) is 4.13. The van der Waals surface area contributed by atoms with Crippen molar-refractivity contribution in [3.8, 4) is 55.6 Å². The monoisotopic (exact) mass is 698 g/mol. The van der Waals surface area contributed by atoms with Gasteiger partial charge in [0.15, 0.2) is 0 Å². The van der Waals surface area contributed by atoms with E-state index in [4.69, 9.17) is 0 Å². The Hall–Kier alpha value is -7.37. The zero-order chi connectivity index (χ0) is 37.2. The summed E-state index contributed by atoms with van der Waals surface area (Å²) in [5.74, 6) is 0. The number of benzene rings is 8. The van der Waals surface area contributed by atoms with E-state index < -0.39 is 0 Å². The molecule has 0 heterocycles. The lowest BCUT2D eigenvalue weighted by Gasteiger charge is -2.20. The molecule has 54 heavy (non-hydrogen) atoms. The van der Waals surface area contributed by atoms with Crippen molar-refractivity contribution in [3.05, 3.63) is 179 Å². The van der Waals surface area contributed by atoms with Crippen LogP contribution in [0.2, 0.25) is 0 Å². The number of carbonyl (C=O) groups excluding carboxylic acids is 5. The normalized spacial score (nSPS) is 11.0. The quantitative estimate of drug-likeness (QED) is 0.105. The highest BCUT2D eigenvalue weighted by Crippen LogP contribution is 2.45. The van der Waals surface area contributed by atoms with Crippen LogP contribution in [0.15, 0.2) is 152 Å². The molecule has 0 saturated heterocycles. The summed E-state index contributed by atoms with van der Waals surface area (Å²) in [5.41, 5.74) is 12.3. The van der Waals surface area contributed by atoms with Crippen LogP contribution < -0.4 is 0 Å². The number of fused-ring (bicyclic) bond motifs is 2. The molecule has 256 valence electrons. The van der Waals surface area contributed by atoms with E-state index in [1.165, 1.54) is 0 Å². The number of hydrogen-bond donors (Lipinski definition) is 0. The highest BCUT2D eigenvalue weighted by molar-refractivity contribution is 6.17. The summed E-state index contributed by atoms with van der Waals surface area (Å²) >= 11 is 0. The van der Waals surface area contributed by atoms with E-state index in [-0.39, 0.29) is 0 Å².